The van der Waals surface area contributed by atoms with Crippen molar-refractivity contribution in [3.05, 3.63) is 64.9 Å². The third kappa shape index (κ3) is 4.07. The Hall–Kier alpha value is -1.34. The normalized spacial score (nSPS) is 23.2. The summed E-state index contributed by atoms with van der Waals surface area (Å²) in [6.45, 7) is 5.56. The largest absolute Gasteiger partial charge is 0.396 e. The van der Waals surface area contributed by atoms with Crippen molar-refractivity contribution in [2.75, 3.05) is 32.8 Å². The molecule has 2 aromatic carbocycles. The Labute approximate surface area is 194 Å². The summed E-state index contributed by atoms with van der Waals surface area (Å²) < 4.78 is 2.29. The zero-order valence-corrected chi connectivity index (χ0v) is 19.0. The molecule has 0 saturated carbocycles. The van der Waals surface area contributed by atoms with Gasteiger partial charge in [-0.1, -0.05) is 41.9 Å². The first kappa shape index (κ1) is 23.3. The lowest BCUT2D eigenvalue weighted by molar-refractivity contribution is 0.123. The fourth-order valence-corrected chi connectivity index (χ4v) is 5.09. The van der Waals surface area contributed by atoms with E-state index in [4.69, 9.17) is 16.6 Å². The topological polar surface area (TPSA) is 53.3 Å². The van der Waals surface area contributed by atoms with E-state index in [1.165, 1.54) is 0 Å². The maximum atomic E-state index is 10.0. The molecule has 8 heteroatoms. The molecule has 2 saturated heterocycles. The first-order valence-electron chi connectivity index (χ1n) is 9.90. The van der Waals surface area contributed by atoms with Gasteiger partial charge in [0.15, 0.2) is 0 Å². The Morgan fingerprint density at radius 3 is 2.63 bits per heavy atom. The van der Waals surface area contributed by atoms with Crippen LogP contribution in [0.1, 0.15) is 11.4 Å². The third-order valence-electron chi connectivity index (χ3n) is 6.45. The number of fused-ring (bicyclic) bond motifs is 2. The molecule has 162 valence electrons. The number of para-hydroxylation sites is 2. The molecule has 30 heavy (non-hydrogen) atoms. The van der Waals surface area contributed by atoms with Crippen LogP contribution < -0.4 is 5.32 Å². The minimum atomic E-state index is -0.000413. The lowest BCUT2D eigenvalue weighted by atomic mass is 9.82. The molecular formula is C22H27Cl3N4O. The van der Waals surface area contributed by atoms with Crippen molar-refractivity contribution < 1.29 is 5.11 Å². The second-order valence-corrected chi connectivity index (χ2v) is 8.62. The molecule has 2 fully saturated rings. The minimum absolute atomic E-state index is 0. The highest BCUT2D eigenvalue weighted by atomic mass is 35.5. The lowest BCUT2D eigenvalue weighted by Crippen LogP contribution is -2.36. The number of benzene rings is 2. The Balaban J connectivity index is 0.00000128. The quantitative estimate of drug-likeness (QED) is 0.599. The predicted octanol–water partition coefficient (Wildman–Crippen LogP) is 3.60. The fraction of sp³-hybridized carbons (Fsp3) is 0.409. The van der Waals surface area contributed by atoms with E-state index in [1.54, 1.807) is 0 Å². The van der Waals surface area contributed by atoms with Gasteiger partial charge in [0.05, 0.1) is 30.7 Å². The van der Waals surface area contributed by atoms with Crippen LogP contribution in [0, 0.1) is 11.3 Å². The van der Waals surface area contributed by atoms with Crippen molar-refractivity contribution in [3.8, 4) is 0 Å². The monoisotopic (exact) mass is 468 g/mol. The van der Waals surface area contributed by atoms with Crippen molar-refractivity contribution in [3.63, 3.8) is 0 Å². The Bertz CT molecular complexity index is 1010. The number of nitrogens with one attached hydrogen (secondary N) is 1. The van der Waals surface area contributed by atoms with Crippen LogP contribution in [-0.4, -0.2) is 52.3 Å². The molecule has 2 aliphatic rings. The molecule has 0 spiro atoms. The van der Waals surface area contributed by atoms with Crippen molar-refractivity contribution in [1.29, 1.82) is 0 Å². The Kier molecular flexibility index (Phi) is 7.33. The van der Waals surface area contributed by atoms with Gasteiger partial charge in [-0.2, -0.15) is 0 Å². The molecule has 5 rings (SSSR count). The van der Waals surface area contributed by atoms with Gasteiger partial charge in [0.1, 0.15) is 5.82 Å². The average molecular weight is 470 g/mol. The Morgan fingerprint density at radius 2 is 1.87 bits per heavy atom. The number of aliphatic hydroxyl groups is 1. The maximum absolute atomic E-state index is 10.0. The van der Waals surface area contributed by atoms with Crippen LogP contribution in [0.3, 0.4) is 0 Å². The minimum Gasteiger partial charge on any atom is -0.396 e. The molecule has 1 aromatic heterocycles. The highest BCUT2D eigenvalue weighted by molar-refractivity contribution is 6.31. The smallest absolute Gasteiger partial charge is 0.124 e. The number of hydrogen-bond acceptors (Lipinski definition) is 4. The van der Waals surface area contributed by atoms with Crippen molar-refractivity contribution in [2.45, 2.75) is 13.1 Å². The standard InChI is InChI=1S/C22H25ClN4O.2ClH/c23-18-6-2-1-5-16(18)10-27-20-8-4-3-7-19(20)25-21(27)12-26-11-17-9-24-13-22(17,14-26)15-28;;/h1-8,17,24,28H,9-15H2;2*1H. The number of likely N-dealkylation sites (tertiary alicyclic amines) is 1. The highest BCUT2D eigenvalue weighted by Crippen LogP contribution is 2.39. The molecule has 2 unspecified atom stereocenters. The van der Waals surface area contributed by atoms with E-state index in [0.29, 0.717) is 12.5 Å². The molecule has 5 nitrogen and oxygen atoms in total. The van der Waals surface area contributed by atoms with Crippen LogP contribution in [0.5, 0.6) is 0 Å². The van der Waals surface area contributed by atoms with E-state index < -0.39 is 0 Å². The zero-order chi connectivity index (χ0) is 19.1. The number of hydrogen-bond donors (Lipinski definition) is 2. The van der Waals surface area contributed by atoms with Gasteiger partial charge in [0.2, 0.25) is 0 Å². The van der Waals surface area contributed by atoms with Crippen LogP contribution in [0.4, 0.5) is 0 Å². The summed E-state index contributed by atoms with van der Waals surface area (Å²) in [6, 6.07) is 16.3. The van der Waals surface area contributed by atoms with Gasteiger partial charge in [-0.05, 0) is 36.2 Å². The van der Waals surface area contributed by atoms with E-state index >= 15 is 0 Å². The summed E-state index contributed by atoms with van der Waals surface area (Å²) in [4.78, 5) is 7.39. The molecule has 0 radical (unpaired) electrons. The molecule has 0 bridgehead atoms. The number of aromatic nitrogens is 2. The predicted molar refractivity (Wildman–Crippen MR) is 126 cm³/mol. The summed E-state index contributed by atoms with van der Waals surface area (Å²) in [5.41, 5.74) is 3.25. The number of imidazole rings is 1. The van der Waals surface area contributed by atoms with Gasteiger partial charge in [-0.15, -0.1) is 24.8 Å². The number of halogens is 3. The summed E-state index contributed by atoms with van der Waals surface area (Å²) in [6.07, 6.45) is 0. The van der Waals surface area contributed by atoms with Crippen LogP contribution in [0.15, 0.2) is 48.5 Å². The van der Waals surface area contributed by atoms with Crippen LogP contribution in [-0.2, 0) is 13.1 Å². The molecule has 2 aliphatic heterocycles. The first-order valence-corrected chi connectivity index (χ1v) is 10.3. The molecule has 0 amide bonds. The Morgan fingerprint density at radius 1 is 1.10 bits per heavy atom. The maximum Gasteiger partial charge on any atom is 0.124 e. The van der Waals surface area contributed by atoms with E-state index in [0.717, 1.165) is 60.2 Å². The van der Waals surface area contributed by atoms with Gasteiger partial charge in [-0.25, -0.2) is 4.98 Å². The lowest BCUT2D eigenvalue weighted by Gasteiger charge is -2.25. The molecule has 3 aromatic rings. The molecular weight excluding hydrogens is 443 g/mol. The molecule has 0 aliphatic carbocycles. The first-order chi connectivity index (χ1) is 13.7. The van der Waals surface area contributed by atoms with Gasteiger partial charge >= 0.3 is 0 Å². The van der Waals surface area contributed by atoms with E-state index in [1.807, 2.05) is 24.3 Å². The number of nitrogens with zero attached hydrogens (tertiary/aromatic N) is 3. The van der Waals surface area contributed by atoms with Crippen LogP contribution >= 0.6 is 36.4 Å². The van der Waals surface area contributed by atoms with Gasteiger partial charge < -0.3 is 15.0 Å². The van der Waals surface area contributed by atoms with Crippen LogP contribution in [0.2, 0.25) is 5.02 Å². The summed E-state index contributed by atoms with van der Waals surface area (Å²) in [5, 5.41) is 14.2. The van der Waals surface area contributed by atoms with Gasteiger partial charge in [0.25, 0.3) is 0 Å². The second-order valence-electron chi connectivity index (χ2n) is 8.21. The SMILES string of the molecule is Cl.Cl.OCC12CNCC1CN(Cc1nc3ccccc3n1Cc1ccccc1Cl)C2. The second kappa shape index (κ2) is 9.43. The van der Waals surface area contributed by atoms with Crippen molar-refractivity contribution >= 4 is 47.4 Å². The molecule has 2 atom stereocenters. The highest BCUT2D eigenvalue weighted by Gasteiger charge is 2.49. The number of aliphatic hydroxyl groups excluding tert-OH is 1. The van der Waals surface area contributed by atoms with E-state index in [9.17, 15) is 5.11 Å². The van der Waals surface area contributed by atoms with Crippen molar-refractivity contribution in [2.24, 2.45) is 11.3 Å². The van der Waals surface area contributed by atoms with Crippen LogP contribution in [0.25, 0.3) is 11.0 Å². The third-order valence-corrected chi connectivity index (χ3v) is 6.82. The van der Waals surface area contributed by atoms with E-state index in [2.05, 4.69) is 39.0 Å². The summed E-state index contributed by atoms with van der Waals surface area (Å²) in [7, 11) is 0. The summed E-state index contributed by atoms with van der Waals surface area (Å²) >= 11 is 6.44. The number of rotatable bonds is 5. The summed E-state index contributed by atoms with van der Waals surface area (Å²) in [5.74, 6) is 1.57. The molecule has 2 N–H and O–H groups in total. The average Bonchev–Trinajstić information content (AvgIpc) is 3.35. The van der Waals surface area contributed by atoms with Gasteiger partial charge in [-0.3, -0.25) is 4.90 Å². The zero-order valence-electron chi connectivity index (χ0n) is 16.6. The van der Waals surface area contributed by atoms with E-state index in [-0.39, 0.29) is 36.8 Å². The van der Waals surface area contributed by atoms with Gasteiger partial charge in [0, 0.05) is 30.1 Å². The molecule has 3 heterocycles. The fourth-order valence-electron chi connectivity index (χ4n) is 4.90. The van der Waals surface area contributed by atoms with Crippen molar-refractivity contribution in [1.82, 2.24) is 19.8 Å².